The van der Waals surface area contributed by atoms with Crippen LogP contribution in [0, 0.1) is 6.92 Å². The molecule has 2 heterocycles. The van der Waals surface area contributed by atoms with Gasteiger partial charge in [-0.1, -0.05) is 11.6 Å². The molecule has 2 aromatic heterocycles. The summed E-state index contributed by atoms with van der Waals surface area (Å²) in [7, 11) is 0. The molecule has 0 N–H and O–H groups in total. The summed E-state index contributed by atoms with van der Waals surface area (Å²) in [6, 6.07) is 3.45. The lowest BCUT2D eigenvalue weighted by Gasteiger charge is -2.00. The second kappa shape index (κ2) is 4.06. The highest BCUT2D eigenvalue weighted by molar-refractivity contribution is 6.31. The molecule has 16 heavy (non-hydrogen) atoms. The largest absolute Gasteiger partial charge is 0.293 e. The van der Waals surface area contributed by atoms with Crippen LogP contribution in [0.5, 0.6) is 0 Å². The van der Waals surface area contributed by atoms with E-state index < -0.39 is 0 Å². The maximum Gasteiger partial charge on any atom is 0.178 e. The van der Waals surface area contributed by atoms with Gasteiger partial charge in [-0.2, -0.15) is 5.10 Å². The number of Topliss-reactive ketones (excluding diaryl/α,β-unsaturated/α-hetero) is 1. The molecule has 4 nitrogen and oxygen atoms in total. The van der Waals surface area contributed by atoms with Crippen LogP contribution in [0.4, 0.5) is 0 Å². The Kier molecular flexibility index (Phi) is 2.75. The van der Waals surface area contributed by atoms with Crippen molar-refractivity contribution < 1.29 is 4.79 Å². The highest BCUT2D eigenvalue weighted by Gasteiger charge is 2.05. The highest BCUT2D eigenvalue weighted by Crippen LogP contribution is 2.15. The summed E-state index contributed by atoms with van der Waals surface area (Å²) in [4.78, 5) is 15.1. The summed E-state index contributed by atoms with van der Waals surface area (Å²) in [6.07, 6.45) is 3.31. The Morgan fingerprint density at radius 3 is 2.62 bits per heavy atom. The Hall–Kier alpha value is -1.68. The molecule has 0 unspecified atom stereocenters. The molecule has 0 spiro atoms. The smallest absolute Gasteiger partial charge is 0.178 e. The summed E-state index contributed by atoms with van der Waals surface area (Å²) >= 11 is 5.90. The lowest BCUT2D eigenvalue weighted by atomic mass is 10.2. The molecule has 0 saturated carbocycles. The van der Waals surface area contributed by atoms with Crippen molar-refractivity contribution in [3.8, 4) is 5.69 Å². The second-order valence-corrected chi connectivity index (χ2v) is 3.87. The Balaban J connectivity index is 2.38. The van der Waals surface area contributed by atoms with E-state index in [1.807, 2.05) is 6.92 Å². The first-order valence-electron chi connectivity index (χ1n) is 4.77. The minimum atomic E-state index is -0.0544. The van der Waals surface area contributed by atoms with E-state index in [0.29, 0.717) is 10.7 Å². The topological polar surface area (TPSA) is 47.8 Å². The number of hydrogen-bond donors (Lipinski definition) is 0. The van der Waals surface area contributed by atoms with Crippen molar-refractivity contribution in [3.63, 3.8) is 0 Å². The third-order valence-electron chi connectivity index (χ3n) is 2.21. The fourth-order valence-electron chi connectivity index (χ4n) is 1.30. The molecule has 0 aliphatic heterocycles. The van der Waals surface area contributed by atoms with E-state index in [2.05, 4.69) is 10.1 Å². The second-order valence-electron chi connectivity index (χ2n) is 3.46. The predicted octanol–water partition coefficient (Wildman–Crippen LogP) is 2.43. The average Bonchev–Trinajstić information content (AvgIpc) is 2.59. The number of nitrogens with zero attached hydrogens (tertiary/aromatic N) is 3. The van der Waals surface area contributed by atoms with E-state index in [1.165, 1.54) is 6.92 Å². The van der Waals surface area contributed by atoms with Crippen LogP contribution in [0.2, 0.25) is 5.02 Å². The summed E-state index contributed by atoms with van der Waals surface area (Å²) < 4.78 is 1.63. The summed E-state index contributed by atoms with van der Waals surface area (Å²) in [5, 5.41) is 4.82. The van der Waals surface area contributed by atoms with Crippen molar-refractivity contribution in [1.82, 2.24) is 14.8 Å². The van der Waals surface area contributed by atoms with Crippen molar-refractivity contribution in [3.05, 3.63) is 40.9 Å². The molecule has 0 radical (unpaired) electrons. The van der Waals surface area contributed by atoms with Gasteiger partial charge in [0.1, 0.15) is 5.69 Å². The molecular weight excluding hydrogens is 226 g/mol. The number of pyridine rings is 1. The minimum Gasteiger partial charge on any atom is -0.293 e. The van der Waals surface area contributed by atoms with Gasteiger partial charge in [-0.05, 0) is 19.1 Å². The number of carbonyl (C=O) groups excluding carboxylic acids is 1. The van der Waals surface area contributed by atoms with Crippen LogP contribution >= 0.6 is 11.6 Å². The van der Waals surface area contributed by atoms with Crippen molar-refractivity contribution in [2.45, 2.75) is 13.8 Å². The first-order chi connectivity index (χ1) is 7.58. The maximum atomic E-state index is 11.0. The van der Waals surface area contributed by atoms with Crippen LogP contribution in [-0.2, 0) is 0 Å². The number of aromatic nitrogens is 3. The molecule has 0 aliphatic rings. The number of rotatable bonds is 2. The van der Waals surface area contributed by atoms with Crippen LogP contribution in [-0.4, -0.2) is 20.5 Å². The van der Waals surface area contributed by atoms with Gasteiger partial charge < -0.3 is 0 Å². The summed E-state index contributed by atoms with van der Waals surface area (Å²) in [6.45, 7) is 3.31. The number of aryl methyl sites for hydroxylation is 1. The van der Waals surface area contributed by atoms with Gasteiger partial charge in [0.15, 0.2) is 5.78 Å². The Labute approximate surface area is 97.9 Å². The van der Waals surface area contributed by atoms with Crippen molar-refractivity contribution in [1.29, 1.82) is 0 Å². The van der Waals surface area contributed by atoms with E-state index in [4.69, 9.17) is 11.6 Å². The molecule has 0 atom stereocenters. The maximum absolute atomic E-state index is 11.0. The predicted molar refractivity (Wildman–Crippen MR) is 61.1 cm³/mol. The lowest BCUT2D eigenvalue weighted by Crippen LogP contribution is -2.00. The van der Waals surface area contributed by atoms with E-state index in [-0.39, 0.29) is 5.78 Å². The Morgan fingerprint density at radius 1 is 1.44 bits per heavy atom. The lowest BCUT2D eigenvalue weighted by molar-refractivity contribution is 0.101. The zero-order valence-corrected chi connectivity index (χ0v) is 9.69. The third-order valence-corrected chi connectivity index (χ3v) is 2.58. The average molecular weight is 236 g/mol. The van der Waals surface area contributed by atoms with E-state index in [0.717, 1.165) is 11.4 Å². The molecule has 5 heteroatoms. The molecule has 0 aliphatic carbocycles. The SMILES string of the molecule is CC(=O)c1ccc(-n2cc(Cl)c(C)n2)cn1. The molecule has 0 amide bonds. The van der Waals surface area contributed by atoms with Crippen LogP contribution in [0.15, 0.2) is 24.5 Å². The molecule has 0 aromatic carbocycles. The molecule has 0 fully saturated rings. The van der Waals surface area contributed by atoms with Gasteiger partial charge in [0.2, 0.25) is 0 Å². The fraction of sp³-hybridized carbons (Fsp3) is 0.182. The van der Waals surface area contributed by atoms with Crippen molar-refractivity contribution >= 4 is 17.4 Å². The number of hydrogen-bond acceptors (Lipinski definition) is 3. The van der Waals surface area contributed by atoms with Crippen molar-refractivity contribution in [2.75, 3.05) is 0 Å². The van der Waals surface area contributed by atoms with Crippen LogP contribution in [0.25, 0.3) is 5.69 Å². The molecule has 2 aromatic rings. The van der Waals surface area contributed by atoms with E-state index in [9.17, 15) is 4.79 Å². The van der Waals surface area contributed by atoms with Crippen LogP contribution in [0.3, 0.4) is 0 Å². The molecular formula is C11H10ClN3O. The van der Waals surface area contributed by atoms with Crippen molar-refractivity contribution in [2.24, 2.45) is 0 Å². The Bertz CT molecular complexity index is 511. The van der Waals surface area contributed by atoms with Gasteiger partial charge in [0, 0.05) is 13.1 Å². The standard InChI is InChI=1S/C11H10ClN3O/c1-7-10(12)6-15(14-7)9-3-4-11(8(2)16)13-5-9/h3-6H,1-2H3. The fourth-order valence-corrected chi connectivity index (χ4v) is 1.43. The van der Waals surface area contributed by atoms with Crippen LogP contribution < -0.4 is 0 Å². The van der Waals surface area contributed by atoms with Crippen LogP contribution in [0.1, 0.15) is 23.1 Å². The molecule has 82 valence electrons. The summed E-state index contributed by atoms with van der Waals surface area (Å²) in [5.74, 6) is -0.0544. The minimum absolute atomic E-state index is 0.0544. The zero-order valence-electron chi connectivity index (χ0n) is 8.94. The first-order valence-corrected chi connectivity index (χ1v) is 5.15. The normalized spacial score (nSPS) is 10.4. The van der Waals surface area contributed by atoms with Gasteiger partial charge >= 0.3 is 0 Å². The number of ketones is 1. The van der Waals surface area contributed by atoms with Gasteiger partial charge in [0.05, 0.1) is 22.6 Å². The highest BCUT2D eigenvalue weighted by atomic mass is 35.5. The summed E-state index contributed by atoms with van der Waals surface area (Å²) in [5.41, 5.74) is 1.98. The molecule has 0 saturated heterocycles. The third kappa shape index (κ3) is 1.97. The first kappa shape index (κ1) is 10.8. The zero-order chi connectivity index (χ0) is 11.7. The molecule has 0 bridgehead atoms. The van der Waals surface area contributed by atoms with Gasteiger partial charge in [0.25, 0.3) is 0 Å². The molecule has 2 rings (SSSR count). The van der Waals surface area contributed by atoms with Gasteiger partial charge in [-0.15, -0.1) is 0 Å². The van der Waals surface area contributed by atoms with Gasteiger partial charge in [-0.3, -0.25) is 9.78 Å². The van der Waals surface area contributed by atoms with Gasteiger partial charge in [-0.25, -0.2) is 4.68 Å². The van der Waals surface area contributed by atoms with E-state index in [1.54, 1.807) is 29.2 Å². The Morgan fingerprint density at radius 2 is 2.19 bits per heavy atom. The van der Waals surface area contributed by atoms with E-state index >= 15 is 0 Å². The quantitative estimate of drug-likeness (QED) is 0.751. The monoisotopic (exact) mass is 235 g/mol. The number of carbonyl (C=O) groups is 1. The number of halogens is 1.